The van der Waals surface area contributed by atoms with Gasteiger partial charge >= 0.3 is 0 Å². The Morgan fingerprint density at radius 3 is 2.12 bits per heavy atom. The van der Waals surface area contributed by atoms with E-state index in [9.17, 15) is 0 Å². The number of aliphatic hydroxyl groups excluding tert-OH is 1. The number of hydrogen-bond donors (Lipinski definition) is 2. The Morgan fingerprint density at radius 1 is 1.62 bits per heavy atom. The second kappa shape index (κ2) is 3.39. The summed E-state index contributed by atoms with van der Waals surface area (Å²) in [6, 6.07) is 0. The van der Waals surface area contributed by atoms with Crippen LogP contribution in [0.2, 0.25) is 0 Å². The lowest BCUT2D eigenvalue weighted by Gasteiger charge is -2.20. The number of hydrogen-bond acceptors (Lipinski definition) is 2. The maximum atomic E-state index is 9.17. The average Bonchev–Trinajstić information content (AvgIpc) is 1.87. The van der Waals surface area contributed by atoms with Gasteiger partial charge in [0.2, 0.25) is 0 Å². The van der Waals surface area contributed by atoms with Gasteiger partial charge in [0.05, 0.1) is 12.2 Å². The number of aliphatic hydroxyl groups is 2. The zero-order valence-electron chi connectivity index (χ0n) is 5.09. The van der Waals surface area contributed by atoms with Gasteiger partial charge in [-0.25, -0.2) is 0 Å². The topological polar surface area (TPSA) is 40.5 Å². The van der Waals surface area contributed by atoms with Gasteiger partial charge in [0, 0.05) is 0 Å². The maximum Gasteiger partial charge on any atom is 0.0908 e. The van der Waals surface area contributed by atoms with Crippen LogP contribution in [0.25, 0.3) is 0 Å². The van der Waals surface area contributed by atoms with Gasteiger partial charge in [-0.3, -0.25) is 0 Å². The van der Waals surface area contributed by atoms with Crippen LogP contribution in [-0.4, -0.2) is 28.6 Å². The van der Waals surface area contributed by atoms with Gasteiger partial charge < -0.3 is 10.2 Å². The summed E-state index contributed by atoms with van der Waals surface area (Å²) in [4.78, 5) is 0. The Hall–Kier alpha value is 0.350. The molecule has 0 spiro atoms. The Balaban J connectivity index is 3.58. The van der Waals surface area contributed by atoms with Crippen molar-refractivity contribution in [2.24, 2.45) is 0 Å². The van der Waals surface area contributed by atoms with Crippen LogP contribution in [0.1, 0.15) is 13.3 Å². The van der Waals surface area contributed by atoms with E-state index in [-0.39, 0.29) is 6.61 Å². The van der Waals surface area contributed by atoms with Gasteiger partial charge in [0.1, 0.15) is 0 Å². The van der Waals surface area contributed by atoms with E-state index in [4.69, 9.17) is 10.2 Å². The molecule has 2 unspecified atom stereocenters. The average molecular weight is 136 g/mol. The van der Waals surface area contributed by atoms with Gasteiger partial charge in [-0.1, -0.05) is 6.92 Å². The standard InChI is InChI=1S/C5H13O2P/c1-2-5(7,3-6)4-8/h6-7H,2-4,8H2,1H3. The summed E-state index contributed by atoms with van der Waals surface area (Å²) in [5.74, 6) is 0. The van der Waals surface area contributed by atoms with Crippen LogP contribution < -0.4 is 0 Å². The molecule has 0 aromatic heterocycles. The zero-order chi connectivity index (χ0) is 6.62. The Morgan fingerprint density at radius 2 is 2.12 bits per heavy atom. The lowest BCUT2D eigenvalue weighted by molar-refractivity contribution is 0.00301. The van der Waals surface area contributed by atoms with Crippen molar-refractivity contribution in [3.63, 3.8) is 0 Å². The molecule has 0 amide bonds. The van der Waals surface area contributed by atoms with Crippen LogP contribution in [-0.2, 0) is 0 Å². The lowest BCUT2D eigenvalue weighted by atomic mass is 10.1. The first-order valence-electron chi connectivity index (χ1n) is 2.72. The minimum Gasteiger partial charge on any atom is -0.393 e. The summed E-state index contributed by atoms with van der Waals surface area (Å²) in [5.41, 5.74) is -0.856. The van der Waals surface area contributed by atoms with Crippen LogP contribution in [0.15, 0.2) is 0 Å². The molecule has 0 saturated heterocycles. The van der Waals surface area contributed by atoms with Crippen molar-refractivity contribution >= 4 is 9.24 Å². The molecule has 8 heavy (non-hydrogen) atoms. The molecule has 0 saturated carbocycles. The highest BCUT2D eigenvalue weighted by Gasteiger charge is 2.19. The minimum absolute atomic E-state index is 0.146. The predicted molar refractivity (Wildman–Crippen MR) is 36.9 cm³/mol. The van der Waals surface area contributed by atoms with E-state index in [1.165, 1.54) is 0 Å². The zero-order valence-corrected chi connectivity index (χ0v) is 6.25. The van der Waals surface area contributed by atoms with Crippen LogP contribution in [0, 0.1) is 0 Å². The predicted octanol–water partition coefficient (Wildman–Crippen LogP) is -0.00510. The van der Waals surface area contributed by atoms with E-state index >= 15 is 0 Å². The second-order valence-electron chi connectivity index (χ2n) is 1.94. The van der Waals surface area contributed by atoms with Crippen LogP contribution >= 0.6 is 9.24 Å². The summed E-state index contributed by atoms with van der Waals surface area (Å²) >= 11 is 0. The van der Waals surface area contributed by atoms with Crippen LogP contribution in [0.3, 0.4) is 0 Å². The van der Waals surface area contributed by atoms with E-state index < -0.39 is 5.60 Å². The highest BCUT2D eigenvalue weighted by Crippen LogP contribution is 2.11. The molecular weight excluding hydrogens is 123 g/mol. The molecule has 0 radical (unpaired) electrons. The molecule has 0 rings (SSSR count). The van der Waals surface area contributed by atoms with E-state index in [2.05, 4.69) is 9.24 Å². The van der Waals surface area contributed by atoms with Crippen molar-refractivity contribution in [1.29, 1.82) is 0 Å². The fourth-order valence-electron chi connectivity index (χ4n) is 0.321. The fraction of sp³-hybridized carbons (Fsp3) is 1.00. The monoisotopic (exact) mass is 136 g/mol. The van der Waals surface area contributed by atoms with Gasteiger partial charge in [-0.05, 0) is 12.6 Å². The third-order valence-corrected chi connectivity index (χ3v) is 2.09. The lowest BCUT2D eigenvalue weighted by Crippen LogP contribution is -2.33. The first-order chi connectivity index (χ1) is 3.68. The second-order valence-corrected chi connectivity index (χ2v) is 2.35. The van der Waals surface area contributed by atoms with Crippen molar-refractivity contribution in [3.8, 4) is 0 Å². The largest absolute Gasteiger partial charge is 0.393 e. The molecule has 2 N–H and O–H groups in total. The fourth-order valence-corrected chi connectivity index (χ4v) is 0.738. The molecule has 0 heterocycles. The Bertz CT molecular complexity index is 53.2. The van der Waals surface area contributed by atoms with E-state index in [1.54, 1.807) is 0 Å². The van der Waals surface area contributed by atoms with Gasteiger partial charge in [0.25, 0.3) is 0 Å². The van der Waals surface area contributed by atoms with Gasteiger partial charge in [0.15, 0.2) is 0 Å². The molecule has 50 valence electrons. The first kappa shape index (κ1) is 8.35. The molecule has 0 fully saturated rings. The van der Waals surface area contributed by atoms with E-state index in [0.29, 0.717) is 12.6 Å². The third kappa shape index (κ3) is 2.08. The summed E-state index contributed by atoms with van der Waals surface area (Å²) in [5, 5.41) is 17.7. The molecular formula is C5H13O2P. The normalized spacial score (nSPS) is 18.0. The van der Waals surface area contributed by atoms with Crippen molar-refractivity contribution in [1.82, 2.24) is 0 Å². The molecule has 0 bridgehead atoms. The summed E-state index contributed by atoms with van der Waals surface area (Å²) in [7, 11) is 2.40. The molecule has 2 atom stereocenters. The number of rotatable bonds is 3. The van der Waals surface area contributed by atoms with Crippen LogP contribution in [0.5, 0.6) is 0 Å². The SMILES string of the molecule is CCC(O)(CO)CP. The van der Waals surface area contributed by atoms with Crippen LogP contribution in [0.4, 0.5) is 0 Å². The minimum atomic E-state index is -0.856. The molecule has 0 aromatic rings. The molecule has 0 aliphatic carbocycles. The quantitative estimate of drug-likeness (QED) is 0.536. The van der Waals surface area contributed by atoms with Gasteiger partial charge in [-0.15, -0.1) is 9.24 Å². The first-order valence-corrected chi connectivity index (χ1v) is 3.53. The Kier molecular flexibility index (Phi) is 3.54. The highest BCUT2D eigenvalue weighted by atomic mass is 31.0. The van der Waals surface area contributed by atoms with Crippen molar-refractivity contribution in [2.45, 2.75) is 18.9 Å². The van der Waals surface area contributed by atoms with E-state index in [1.807, 2.05) is 6.92 Å². The smallest absolute Gasteiger partial charge is 0.0908 e. The molecule has 0 aliphatic rings. The van der Waals surface area contributed by atoms with Gasteiger partial charge in [-0.2, -0.15) is 0 Å². The summed E-state index contributed by atoms with van der Waals surface area (Å²) < 4.78 is 0. The molecule has 3 heteroatoms. The maximum absolute atomic E-state index is 9.17. The van der Waals surface area contributed by atoms with Crippen molar-refractivity contribution < 1.29 is 10.2 Å². The highest BCUT2D eigenvalue weighted by molar-refractivity contribution is 7.16. The molecule has 2 nitrogen and oxygen atoms in total. The molecule has 0 aromatic carbocycles. The molecule has 0 aliphatic heterocycles. The summed E-state index contributed by atoms with van der Waals surface area (Å²) in [6.45, 7) is 1.70. The van der Waals surface area contributed by atoms with Crippen molar-refractivity contribution in [2.75, 3.05) is 12.8 Å². The summed E-state index contributed by atoms with van der Waals surface area (Å²) in [6.07, 6.45) is 1.15. The Labute approximate surface area is 52.1 Å². The van der Waals surface area contributed by atoms with E-state index in [0.717, 1.165) is 0 Å². The third-order valence-electron chi connectivity index (χ3n) is 1.33. The van der Waals surface area contributed by atoms with Crippen molar-refractivity contribution in [3.05, 3.63) is 0 Å².